The Morgan fingerprint density at radius 2 is 2.25 bits per heavy atom. The minimum Gasteiger partial charge on any atom is -0.327 e. The Labute approximate surface area is 122 Å². The first-order valence-electron chi connectivity index (χ1n) is 7.11. The second-order valence-electron chi connectivity index (χ2n) is 5.89. The van der Waals surface area contributed by atoms with Crippen molar-refractivity contribution in [3.8, 4) is 0 Å². The predicted octanol–water partition coefficient (Wildman–Crippen LogP) is 1.77. The van der Waals surface area contributed by atoms with Gasteiger partial charge in [-0.05, 0) is 36.6 Å². The molecule has 2 N–H and O–H groups in total. The summed E-state index contributed by atoms with van der Waals surface area (Å²) in [6.45, 7) is 5.30. The summed E-state index contributed by atoms with van der Waals surface area (Å²) in [4.78, 5) is 14.2. The molecule has 1 aliphatic heterocycles. The molecule has 2 aromatic rings. The van der Waals surface area contributed by atoms with Crippen LogP contribution < -0.4 is 10.6 Å². The van der Waals surface area contributed by atoms with Gasteiger partial charge in [-0.2, -0.15) is 0 Å². The van der Waals surface area contributed by atoms with E-state index in [1.807, 2.05) is 7.05 Å². The van der Waals surface area contributed by atoms with Crippen molar-refractivity contribution < 1.29 is 0 Å². The zero-order valence-corrected chi connectivity index (χ0v) is 12.8. The molecule has 1 fully saturated rings. The fraction of sp³-hybridized carbons (Fsp3) is 0.533. The summed E-state index contributed by atoms with van der Waals surface area (Å²) in [6, 6.07) is 6.68. The maximum atomic E-state index is 11.7. The summed E-state index contributed by atoms with van der Waals surface area (Å²) in [5.74, 6) is 0.556. The summed E-state index contributed by atoms with van der Waals surface area (Å²) in [6.07, 6.45) is 1.07. The van der Waals surface area contributed by atoms with E-state index in [0.717, 1.165) is 36.3 Å². The molecule has 2 atom stereocenters. The highest BCUT2D eigenvalue weighted by molar-refractivity contribution is 7.16. The number of piperidine rings is 1. The van der Waals surface area contributed by atoms with Crippen molar-refractivity contribution in [2.45, 2.75) is 25.9 Å². The standard InChI is InChI=1S/C15H21N3OS/c1-10-8-18(6-5-12(10)16)9-11-3-4-13-14(7-11)20-15(19)17(13)2/h3-4,7,10,12H,5-6,8-9,16H2,1-2H3. The molecule has 1 saturated heterocycles. The molecule has 1 aliphatic rings. The number of aryl methyl sites for hydroxylation is 1. The van der Waals surface area contributed by atoms with Crippen LogP contribution in [0.3, 0.4) is 0 Å². The Morgan fingerprint density at radius 1 is 1.45 bits per heavy atom. The van der Waals surface area contributed by atoms with Crippen molar-refractivity contribution in [2.24, 2.45) is 18.7 Å². The summed E-state index contributed by atoms with van der Waals surface area (Å²) in [7, 11) is 1.83. The van der Waals surface area contributed by atoms with Crippen molar-refractivity contribution in [1.82, 2.24) is 9.47 Å². The molecule has 3 rings (SSSR count). The van der Waals surface area contributed by atoms with E-state index in [9.17, 15) is 4.79 Å². The number of nitrogens with two attached hydrogens (primary N) is 1. The van der Waals surface area contributed by atoms with E-state index in [4.69, 9.17) is 5.73 Å². The van der Waals surface area contributed by atoms with Crippen molar-refractivity contribution >= 4 is 21.6 Å². The van der Waals surface area contributed by atoms with Crippen LogP contribution in [0.5, 0.6) is 0 Å². The maximum absolute atomic E-state index is 11.7. The molecular formula is C15H21N3OS. The van der Waals surface area contributed by atoms with E-state index in [1.54, 1.807) is 4.57 Å². The highest BCUT2D eigenvalue weighted by atomic mass is 32.1. The number of rotatable bonds is 2. The lowest BCUT2D eigenvalue weighted by molar-refractivity contribution is 0.158. The second kappa shape index (κ2) is 5.31. The van der Waals surface area contributed by atoms with Gasteiger partial charge in [-0.15, -0.1) is 0 Å². The Kier molecular flexibility index (Phi) is 3.67. The minimum absolute atomic E-state index is 0.106. The third-order valence-corrected chi connectivity index (χ3v) is 5.31. The predicted molar refractivity (Wildman–Crippen MR) is 84.1 cm³/mol. The first-order valence-corrected chi connectivity index (χ1v) is 7.92. The van der Waals surface area contributed by atoms with Gasteiger partial charge in [0, 0.05) is 26.2 Å². The zero-order valence-electron chi connectivity index (χ0n) is 12.0. The molecular weight excluding hydrogens is 270 g/mol. The highest BCUT2D eigenvalue weighted by Crippen LogP contribution is 2.21. The van der Waals surface area contributed by atoms with Crippen LogP contribution in [-0.2, 0) is 13.6 Å². The Balaban J connectivity index is 1.79. The lowest BCUT2D eigenvalue weighted by atomic mass is 9.94. The fourth-order valence-corrected chi connectivity index (χ4v) is 3.87. The smallest absolute Gasteiger partial charge is 0.307 e. The molecule has 4 nitrogen and oxygen atoms in total. The normalized spacial score (nSPS) is 24.4. The molecule has 0 spiro atoms. The molecule has 108 valence electrons. The van der Waals surface area contributed by atoms with Crippen LogP contribution >= 0.6 is 11.3 Å². The van der Waals surface area contributed by atoms with Crippen LogP contribution in [0.1, 0.15) is 18.9 Å². The van der Waals surface area contributed by atoms with E-state index < -0.39 is 0 Å². The molecule has 0 amide bonds. The summed E-state index contributed by atoms with van der Waals surface area (Å²) < 4.78 is 2.79. The van der Waals surface area contributed by atoms with Gasteiger partial charge < -0.3 is 10.3 Å². The van der Waals surface area contributed by atoms with Crippen LogP contribution in [0.2, 0.25) is 0 Å². The number of benzene rings is 1. The molecule has 1 aromatic heterocycles. The third-order valence-electron chi connectivity index (χ3n) is 4.32. The van der Waals surface area contributed by atoms with Crippen LogP contribution in [-0.4, -0.2) is 28.6 Å². The van der Waals surface area contributed by atoms with Gasteiger partial charge in [-0.1, -0.05) is 24.3 Å². The van der Waals surface area contributed by atoms with E-state index in [2.05, 4.69) is 30.0 Å². The first-order chi connectivity index (χ1) is 9.54. The van der Waals surface area contributed by atoms with Gasteiger partial charge in [0.05, 0.1) is 10.2 Å². The Hall–Kier alpha value is -1.17. The number of hydrogen-bond donors (Lipinski definition) is 1. The number of nitrogens with zero attached hydrogens (tertiary/aromatic N) is 2. The molecule has 2 unspecified atom stereocenters. The van der Waals surface area contributed by atoms with Gasteiger partial charge in [-0.3, -0.25) is 9.69 Å². The second-order valence-corrected chi connectivity index (χ2v) is 6.89. The van der Waals surface area contributed by atoms with E-state index in [1.165, 1.54) is 16.9 Å². The van der Waals surface area contributed by atoms with Gasteiger partial charge in [0.15, 0.2) is 0 Å². The lowest BCUT2D eigenvalue weighted by Crippen LogP contribution is -2.45. The molecule has 1 aromatic carbocycles. The first kappa shape index (κ1) is 13.8. The van der Waals surface area contributed by atoms with Crippen molar-refractivity contribution in [2.75, 3.05) is 13.1 Å². The zero-order chi connectivity index (χ0) is 14.3. The fourth-order valence-electron chi connectivity index (χ4n) is 2.93. The number of fused-ring (bicyclic) bond motifs is 1. The Bertz CT molecular complexity index is 675. The average molecular weight is 291 g/mol. The van der Waals surface area contributed by atoms with Gasteiger partial charge in [0.2, 0.25) is 0 Å². The SMILES string of the molecule is CC1CN(Cc2ccc3c(c2)sc(=O)n3C)CCC1N. The largest absolute Gasteiger partial charge is 0.327 e. The van der Waals surface area contributed by atoms with E-state index in [0.29, 0.717) is 12.0 Å². The summed E-state index contributed by atoms with van der Waals surface area (Å²) in [5, 5.41) is 0. The van der Waals surface area contributed by atoms with Crippen LogP contribution in [0, 0.1) is 5.92 Å². The number of aromatic nitrogens is 1. The maximum Gasteiger partial charge on any atom is 0.307 e. The van der Waals surface area contributed by atoms with Crippen molar-refractivity contribution in [3.63, 3.8) is 0 Å². The van der Waals surface area contributed by atoms with Crippen molar-refractivity contribution in [3.05, 3.63) is 33.4 Å². The van der Waals surface area contributed by atoms with Crippen LogP contribution in [0.4, 0.5) is 0 Å². The van der Waals surface area contributed by atoms with Crippen LogP contribution in [0.25, 0.3) is 10.2 Å². The highest BCUT2D eigenvalue weighted by Gasteiger charge is 2.23. The topological polar surface area (TPSA) is 51.3 Å². The average Bonchev–Trinajstić information content (AvgIpc) is 2.69. The number of thiazole rings is 1. The molecule has 0 bridgehead atoms. The minimum atomic E-state index is 0.106. The summed E-state index contributed by atoms with van der Waals surface area (Å²) >= 11 is 1.32. The van der Waals surface area contributed by atoms with Gasteiger partial charge in [0.1, 0.15) is 0 Å². The monoisotopic (exact) mass is 291 g/mol. The molecule has 0 aliphatic carbocycles. The third kappa shape index (κ3) is 2.53. The van der Waals surface area contributed by atoms with Gasteiger partial charge >= 0.3 is 4.87 Å². The number of likely N-dealkylation sites (tertiary alicyclic amines) is 1. The molecule has 2 heterocycles. The van der Waals surface area contributed by atoms with E-state index >= 15 is 0 Å². The molecule has 5 heteroatoms. The molecule has 20 heavy (non-hydrogen) atoms. The number of hydrogen-bond acceptors (Lipinski definition) is 4. The lowest BCUT2D eigenvalue weighted by Gasteiger charge is -2.35. The van der Waals surface area contributed by atoms with Crippen molar-refractivity contribution in [1.29, 1.82) is 0 Å². The van der Waals surface area contributed by atoms with Crippen LogP contribution in [0.15, 0.2) is 23.0 Å². The quantitative estimate of drug-likeness (QED) is 0.917. The molecule has 0 saturated carbocycles. The Morgan fingerprint density at radius 3 is 3.00 bits per heavy atom. The van der Waals surface area contributed by atoms with Gasteiger partial charge in [-0.25, -0.2) is 0 Å². The van der Waals surface area contributed by atoms with Gasteiger partial charge in [0.25, 0.3) is 0 Å². The summed E-state index contributed by atoms with van der Waals surface area (Å²) in [5.41, 5.74) is 8.37. The van der Waals surface area contributed by atoms with E-state index in [-0.39, 0.29) is 4.87 Å². The molecule has 0 radical (unpaired) electrons.